The Kier molecular flexibility index (Phi) is 3.84. The molecule has 22 heavy (non-hydrogen) atoms. The van der Waals surface area contributed by atoms with Gasteiger partial charge in [-0.15, -0.1) is 0 Å². The predicted octanol–water partition coefficient (Wildman–Crippen LogP) is 0.504. The first-order valence-electron chi connectivity index (χ1n) is 7.20. The van der Waals surface area contributed by atoms with Crippen molar-refractivity contribution in [3.8, 4) is 0 Å². The highest BCUT2D eigenvalue weighted by atomic mass is 32.2. The fraction of sp³-hybridized carbons (Fsp3) is 0.500. The number of rotatable bonds is 3. The third-order valence-corrected chi connectivity index (χ3v) is 6.16. The largest absolute Gasteiger partial charge is 0.419 e. The Hall–Kier alpha value is -1.64. The monoisotopic (exact) mass is 325 g/mol. The average molecular weight is 325 g/mol. The summed E-state index contributed by atoms with van der Waals surface area (Å²) in [6.45, 7) is 0.981. The summed E-state index contributed by atoms with van der Waals surface area (Å²) in [5, 5.41) is 3.17. The number of fused-ring (bicyclic) bond motifs is 1. The van der Waals surface area contributed by atoms with Crippen molar-refractivity contribution in [2.24, 2.45) is 7.05 Å². The molecule has 1 saturated heterocycles. The topological polar surface area (TPSA) is 84.6 Å². The van der Waals surface area contributed by atoms with Gasteiger partial charge in [0.1, 0.15) is 0 Å². The van der Waals surface area contributed by atoms with Crippen LogP contribution < -0.4 is 11.1 Å². The molecule has 0 atom stereocenters. The zero-order chi connectivity index (χ0) is 15.9. The van der Waals surface area contributed by atoms with E-state index in [0.29, 0.717) is 30.2 Å². The van der Waals surface area contributed by atoms with Crippen LogP contribution in [0.2, 0.25) is 0 Å². The molecule has 2 heterocycles. The molecule has 2 aromatic rings. The number of nitrogens with zero attached hydrogens (tertiary/aromatic N) is 2. The maximum atomic E-state index is 12.7. The fourth-order valence-corrected chi connectivity index (χ4v) is 4.29. The minimum atomic E-state index is -3.55. The lowest BCUT2D eigenvalue weighted by Crippen LogP contribution is -2.43. The molecule has 1 aromatic carbocycles. The minimum absolute atomic E-state index is 0.164. The Balaban J connectivity index is 1.94. The van der Waals surface area contributed by atoms with E-state index in [2.05, 4.69) is 5.32 Å². The molecule has 120 valence electrons. The molecular weight excluding hydrogens is 306 g/mol. The van der Waals surface area contributed by atoms with Gasteiger partial charge in [0, 0.05) is 32.2 Å². The third kappa shape index (κ3) is 2.47. The van der Waals surface area contributed by atoms with Gasteiger partial charge in [-0.25, -0.2) is 13.2 Å². The van der Waals surface area contributed by atoms with E-state index in [0.717, 1.165) is 12.8 Å². The van der Waals surface area contributed by atoms with Gasteiger partial charge in [-0.05, 0) is 32.0 Å². The van der Waals surface area contributed by atoms with Gasteiger partial charge in [0.25, 0.3) is 0 Å². The van der Waals surface area contributed by atoms with Crippen LogP contribution in [0.3, 0.4) is 0 Å². The molecule has 1 aliphatic heterocycles. The van der Waals surface area contributed by atoms with E-state index >= 15 is 0 Å². The molecule has 8 heteroatoms. The summed E-state index contributed by atoms with van der Waals surface area (Å²) in [4.78, 5) is 11.7. The molecule has 0 saturated carbocycles. The van der Waals surface area contributed by atoms with Crippen LogP contribution in [-0.2, 0) is 17.1 Å². The Morgan fingerprint density at radius 3 is 2.59 bits per heavy atom. The van der Waals surface area contributed by atoms with Crippen molar-refractivity contribution >= 4 is 21.1 Å². The van der Waals surface area contributed by atoms with Gasteiger partial charge in [0.15, 0.2) is 5.58 Å². The first-order valence-corrected chi connectivity index (χ1v) is 8.64. The van der Waals surface area contributed by atoms with Crippen molar-refractivity contribution in [2.45, 2.75) is 23.8 Å². The van der Waals surface area contributed by atoms with Crippen LogP contribution in [0.5, 0.6) is 0 Å². The number of hydrogen-bond acceptors (Lipinski definition) is 5. The SMILES string of the molecule is CNC1CCN(S(=O)(=O)c2ccc3c(c2)oc(=O)n3C)CC1. The van der Waals surface area contributed by atoms with Gasteiger partial charge in [-0.1, -0.05) is 0 Å². The van der Waals surface area contributed by atoms with Crippen LogP contribution in [0.15, 0.2) is 32.3 Å². The van der Waals surface area contributed by atoms with E-state index in [4.69, 9.17) is 4.42 Å². The van der Waals surface area contributed by atoms with E-state index in [1.807, 2.05) is 7.05 Å². The second kappa shape index (κ2) is 5.53. The molecule has 0 bridgehead atoms. The van der Waals surface area contributed by atoms with Gasteiger partial charge < -0.3 is 9.73 Å². The van der Waals surface area contributed by atoms with E-state index in [-0.39, 0.29) is 4.90 Å². The Morgan fingerprint density at radius 1 is 1.27 bits per heavy atom. The Morgan fingerprint density at radius 2 is 1.95 bits per heavy atom. The molecular formula is C14H19N3O4S. The second-order valence-electron chi connectivity index (χ2n) is 5.52. The smallest absolute Gasteiger partial charge is 0.408 e. The molecule has 1 N–H and O–H groups in total. The highest BCUT2D eigenvalue weighted by molar-refractivity contribution is 7.89. The molecule has 3 rings (SSSR count). The fourth-order valence-electron chi connectivity index (χ4n) is 2.81. The molecule has 0 aliphatic carbocycles. The lowest BCUT2D eigenvalue weighted by molar-refractivity contribution is 0.298. The molecule has 7 nitrogen and oxygen atoms in total. The zero-order valence-corrected chi connectivity index (χ0v) is 13.4. The summed E-state index contributed by atoms with van der Waals surface area (Å²) in [7, 11) is -0.0773. The Bertz CT molecular complexity index is 845. The number of benzene rings is 1. The van der Waals surface area contributed by atoms with E-state index in [1.54, 1.807) is 13.1 Å². The first kappa shape index (κ1) is 15.3. The molecule has 1 fully saturated rings. The summed E-state index contributed by atoms with van der Waals surface area (Å²) < 4.78 is 33.3. The highest BCUT2D eigenvalue weighted by Crippen LogP contribution is 2.23. The van der Waals surface area contributed by atoms with Crippen LogP contribution >= 0.6 is 0 Å². The number of aryl methyl sites for hydroxylation is 1. The Labute approximate surface area is 128 Å². The second-order valence-corrected chi connectivity index (χ2v) is 7.46. The normalized spacial score (nSPS) is 18.1. The molecule has 0 radical (unpaired) electrons. The zero-order valence-electron chi connectivity index (χ0n) is 12.6. The van der Waals surface area contributed by atoms with E-state index < -0.39 is 15.8 Å². The van der Waals surface area contributed by atoms with E-state index in [1.165, 1.54) is 21.0 Å². The summed E-state index contributed by atoms with van der Waals surface area (Å²) in [5.74, 6) is -0.501. The van der Waals surface area contributed by atoms with Crippen molar-refractivity contribution in [3.63, 3.8) is 0 Å². The van der Waals surface area contributed by atoms with Crippen molar-refractivity contribution in [1.82, 2.24) is 14.2 Å². The maximum Gasteiger partial charge on any atom is 0.419 e. The van der Waals surface area contributed by atoms with Gasteiger partial charge in [-0.3, -0.25) is 4.57 Å². The molecule has 1 aliphatic rings. The summed E-state index contributed by atoms with van der Waals surface area (Å²) in [5.41, 5.74) is 0.872. The van der Waals surface area contributed by atoms with Crippen molar-refractivity contribution in [2.75, 3.05) is 20.1 Å². The first-order chi connectivity index (χ1) is 10.4. The molecule has 0 amide bonds. The number of hydrogen-bond donors (Lipinski definition) is 1. The van der Waals surface area contributed by atoms with Crippen LogP contribution in [0.1, 0.15) is 12.8 Å². The number of sulfonamides is 1. The maximum absolute atomic E-state index is 12.7. The third-order valence-electron chi connectivity index (χ3n) is 4.26. The highest BCUT2D eigenvalue weighted by Gasteiger charge is 2.29. The van der Waals surface area contributed by atoms with Crippen LogP contribution in [0, 0.1) is 0 Å². The van der Waals surface area contributed by atoms with Gasteiger partial charge >= 0.3 is 5.76 Å². The standard InChI is InChI=1S/C14H19N3O4S/c1-15-10-5-7-17(8-6-10)22(19,20)11-3-4-12-13(9-11)21-14(18)16(12)2/h3-4,9-10,15H,5-8H2,1-2H3. The molecule has 0 unspecified atom stereocenters. The quantitative estimate of drug-likeness (QED) is 0.888. The minimum Gasteiger partial charge on any atom is -0.408 e. The lowest BCUT2D eigenvalue weighted by atomic mass is 10.1. The van der Waals surface area contributed by atoms with Crippen LogP contribution in [0.4, 0.5) is 0 Å². The van der Waals surface area contributed by atoms with Crippen LogP contribution in [-0.4, -0.2) is 43.5 Å². The van der Waals surface area contributed by atoms with Crippen molar-refractivity contribution < 1.29 is 12.8 Å². The van der Waals surface area contributed by atoms with Crippen molar-refractivity contribution in [1.29, 1.82) is 0 Å². The predicted molar refractivity (Wildman–Crippen MR) is 82.3 cm³/mol. The number of aromatic nitrogens is 1. The van der Waals surface area contributed by atoms with Crippen molar-refractivity contribution in [3.05, 3.63) is 28.7 Å². The summed E-state index contributed by atoms with van der Waals surface area (Å²) in [6.07, 6.45) is 1.58. The van der Waals surface area contributed by atoms with Gasteiger partial charge in [0.05, 0.1) is 10.4 Å². The van der Waals surface area contributed by atoms with E-state index in [9.17, 15) is 13.2 Å². The molecule has 1 aromatic heterocycles. The number of nitrogens with one attached hydrogen (secondary N) is 1. The number of piperidine rings is 1. The summed E-state index contributed by atoms with van der Waals surface area (Å²) in [6, 6.07) is 4.92. The summed E-state index contributed by atoms with van der Waals surface area (Å²) >= 11 is 0. The molecule has 0 spiro atoms. The average Bonchev–Trinajstić information content (AvgIpc) is 2.81. The number of oxazole rings is 1. The van der Waals surface area contributed by atoms with Gasteiger partial charge in [-0.2, -0.15) is 4.31 Å². The van der Waals surface area contributed by atoms with Gasteiger partial charge in [0.2, 0.25) is 10.0 Å². The van der Waals surface area contributed by atoms with Crippen LogP contribution in [0.25, 0.3) is 11.1 Å². The lowest BCUT2D eigenvalue weighted by Gasteiger charge is -2.30.